The van der Waals surface area contributed by atoms with Gasteiger partial charge in [-0.25, -0.2) is 0 Å². The van der Waals surface area contributed by atoms with Crippen molar-refractivity contribution in [3.8, 4) is 0 Å². The highest BCUT2D eigenvalue weighted by Gasteiger charge is 2.01. The molecule has 0 aliphatic heterocycles. The first kappa shape index (κ1) is 10.3. The Hall–Kier alpha value is -0.830. The summed E-state index contributed by atoms with van der Waals surface area (Å²) in [5.41, 5.74) is 7.13. The number of rotatable bonds is 5. The van der Waals surface area contributed by atoms with E-state index in [0.29, 0.717) is 6.04 Å². The third-order valence-electron chi connectivity index (χ3n) is 2.34. The molecular weight excluding hydrogens is 162 g/mol. The van der Waals surface area contributed by atoms with Gasteiger partial charge in [0.1, 0.15) is 0 Å². The van der Waals surface area contributed by atoms with Crippen LogP contribution in [0, 0.1) is 0 Å². The second kappa shape index (κ2) is 5.02. The van der Waals surface area contributed by atoms with E-state index < -0.39 is 0 Å². The molecule has 0 fully saturated rings. The molecule has 2 N–H and O–H groups in total. The Morgan fingerprint density at radius 1 is 1.54 bits per heavy atom. The van der Waals surface area contributed by atoms with Crippen LogP contribution in [0.1, 0.15) is 32.3 Å². The molecule has 13 heavy (non-hydrogen) atoms. The fourth-order valence-electron chi connectivity index (χ4n) is 1.26. The molecule has 1 heterocycles. The maximum Gasteiger partial charge on any atom is 0.0521 e. The van der Waals surface area contributed by atoms with Crippen LogP contribution < -0.4 is 5.73 Å². The molecule has 0 radical (unpaired) electrons. The van der Waals surface area contributed by atoms with E-state index in [4.69, 9.17) is 5.73 Å². The summed E-state index contributed by atoms with van der Waals surface area (Å²) < 4.78 is 1.95. The molecule has 1 aromatic heterocycles. The number of nitrogens with two attached hydrogens (primary N) is 1. The van der Waals surface area contributed by atoms with Gasteiger partial charge in [-0.1, -0.05) is 6.92 Å². The Morgan fingerprint density at radius 3 is 2.85 bits per heavy atom. The van der Waals surface area contributed by atoms with Crippen LogP contribution in [0.4, 0.5) is 0 Å². The van der Waals surface area contributed by atoms with Crippen molar-refractivity contribution < 1.29 is 0 Å². The van der Waals surface area contributed by atoms with Crippen LogP contribution in [0.3, 0.4) is 0 Å². The third kappa shape index (κ3) is 3.19. The lowest BCUT2D eigenvalue weighted by molar-refractivity contribution is 0.595. The lowest BCUT2D eigenvalue weighted by Gasteiger charge is -2.05. The summed E-state index contributed by atoms with van der Waals surface area (Å²) in [4.78, 5) is 0. The smallest absolute Gasteiger partial charge is 0.0521 e. The van der Waals surface area contributed by atoms with Crippen molar-refractivity contribution in [3.63, 3.8) is 0 Å². The Bertz CT molecular complexity index is 242. The SMILES string of the molecule is CCC(N)CCc1cnn(CC)c1. The van der Waals surface area contributed by atoms with E-state index in [9.17, 15) is 0 Å². The summed E-state index contributed by atoms with van der Waals surface area (Å²) in [5, 5.41) is 4.21. The first-order valence-electron chi connectivity index (χ1n) is 5.03. The van der Waals surface area contributed by atoms with Crippen molar-refractivity contribution in [3.05, 3.63) is 18.0 Å². The van der Waals surface area contributed by atoms with Crippen molar-refractivity contribution in [1.82, 2.24) is 9.78 Å². The predicted octanol–water partition coefficient (Wildman–Crippen LogP) is 1.57. The van der Waals surface area contributed by atoms with E-state index in [1.807, 2.05) is 10.9 Å². The minimum atomic E-state index is 0.338. The molecule has 0 aromatic carbocycles. The monoisotopic (exact) mass is 181 g/mol. The van der Waals surface area contributed by atoms with Crippen molar-refractivity contribution in [2.24, 2.45) is 5.73 Å². The van der Waals surface area contributed by atoms with E-state index >= 15 is 0 Å². The van der Waals surface area contributed by atoms with Crippen LogP contribution in [0.2, 0.25) is 0 Å². The van der Waals surface area contributed by atoms with Gasteiger partial charge in [0.25, 0.3) is 0 Å². The van der Waals surface area contributed by atoms with E-state index in [1.165, 1.54) is 5.56 Å². The topological polar surface area (TPSA) is 43.8 Å². The molecule has 0 aliphatic carbocycles. The lowest BCUT2D eigenvalue weighted by atomic mass is 10.1. The van der Waals surface area contributed by atoms with Crippen LogP contribution in [0.5, 0.6) is 0 Å². The molecular formula is C10H19N3. The third-order valence-corrected chi connectivity index (χ3v) is 2.34. The number of aromatic nitrogens is 2. The van der Waals surface area contributed by atoms with Crippen molar-refractivity contribution in [2.45, 2.75) is 45.7 Å². The van der Waals surface area contributed by atoms with Crippen LogP contribution in [0.25, 0.3) is 0 Å². The largest absolute Gasteiger partial charge is 0.328 e. The highest BCUT2D eigenvalue weighted by atomic mass is 15.3. The van der Waals surface area contributed by atoms with Gasteiger partial charge in [-0.05, 0) is 31.7 Å². The zero-order chi connectivity index (χ0) is 9.68. The standard InChI is InChI=1S/C10H19N3/c1-3-10(11)6-5-9-7-12-13(4-2)8-9/h7-8,10H,3-6,11H2,1-2H3. The first-order chi connectivity index (χ1) is 6.26. The molecule has 1 aromatic rings. The minimum absolute atomic E-state index is 0.338. The van der Waals surface area contributed by atoms with Gasteiger partial charge in [0.2, 0.25) is 0 Å². The number of hydrogen-bond donors (Lipinski definition) is 1. The molecule has 1 unspecified atom stereocenters. The molecule has 0 bridgehead atoms. The van der Waals surface area contributed by atoms with Gasteiger partial charge in [-0.15, -0.1) is 0 Å². The zero-order valence-electron chi connectivity index (χ0n) is 8.53. The molecule has 1 atom stereocenters. The van der Waals surface area contributed by atoms with Crippen LogP contribution in [-0.2, 0) is 13.0 Å². The fourth-order valence-corrected chi connectivity index (χ4v) is 1.26. The summed E-state index contributed by atoms with van der Waals surface area (Å²) in [5.74, 6) is 0. The molecule has 3 nitrogen and oxygen atoms in total. The highest BCUT2D eigenvalue weighted by molar-refractivity contribution is 5.04. The summed E-state index contributed by atoms with van der Waals surface area (Å²) in [6, 6.07) is 0.338. The summed E-state index contributed by atoms with van der Waals surface area (Å²) in [6.07, 6.45) is 7.21. The van der Waals surface area contributed by atoms with Crippen molar-refractivity contribution in [1.29, 1.82) is 0 Å². The first-order valence-corrected chi connectivity index (χ1v) is 5.03. The average molecular weight is 181 g/mol. The van der Waals surface area contributed by atoms with Gasteiger partial charge < -0.3 is 5.73 Å². The van der Waals surface area contributed by atoms with Gasteiger partial charge in [0.05, 0.1) is 6.20 Å². The lowest BCUT2D eigenvalue weighted by Crippen LogP contribution is -2.18. The molecule has 3 heteroatoms. The van der Waals surface area contributed by atoms with Gasteiger partial charge in [-0.2, -0.15) is 5.10 Å². The maximum atomic E-state index is 5.83. The summed E-state index contributed by atoms with van der Waals surface area (Å²) in [6.45, 7) is 5.16. The van der Waals surface area contributed by atoms with Crippen molar-refractivity contribution in [2.75, 3.05) is 0 Å². The van der Waals surface area contributed by atoms with E-state index in [2.05, 4.69) is 25.1 Å². The Morgan fingerprint density at radius 2 is 2.31 bits per heavy atom. The van der Waals surface area contributed by atoms with Crippen LogP contribution >= 0.6 is 0 Å². The normalized spacial score (nSPS) is 13.2. The molecule has 0 aliphatic rings. The predicted molar refractivity (Wildman–Crippen MR) is 54.5 cm³/mol. The average Bonchev–Trinajstić information content (AvgIpc) is 2.61. The molecule has 0 spiro atoms. The molecule has 74 valence electrons. The number of hydrogen-bond acceptors (Lipinski definition) is 2. The van der Waals surface area contributed by atoms with Crippen LogP contribution in [0.15, 0.2) is 12.4 Å². The van der Waals surface area contributed by atoms with E-state index in [-0.39, 0.29) is 0 Å². The highest BCUT2D eigenvalue weighted by Crippen LogP contribution is 2.04. The second-order valence-electron chi connectivity index (χ2n) is 3.41. The second-order valence-corrected chi connectivity index (χ2v) is 3.41. The quantitative estimate of drug-likeness (QED) is 0.749. The summed E-state index contributed by atoms with van der Waals surface area (Å²) in [7, 11) is 0. The molecule has 0 amide bonds. The van der Waals surface area contributed by atoms with Crippen molar-refractivity contribution >= 4 is 0 Å². The Balaban J connectivity index is 2.36. The van der Waals surface area contributed by atoms with Crippen LogP contribution in [-0.4, -0.2) is 15.8 Å². The van der Waals surface area contributed by atoms with Gasteiger partial charge >= 0.3 is 0 Å². The molecule has 1 rings (SSSR count). The van der Waals surface area contributed by atoms with E-state index in [1.54, 1.807) is 0 Å². The molecule has 0 saturated heterocycles. The Labute approximate surface area is 79.9 Å². The van der Waals surface area contributed by atoms with Gasteiger partial charge in [0.15, 0.2) is 0 Å². The maximum absolute atomic E-state index is 5.83. The van der Waals surface area contributed by atoms with E-state index in [0.717, 1.165) is 25.8 Å². The zero-order valence-corrected chi connectivity index (χ0v) is 8.53. The minimum Gasteiger partial charge on any atom is -0.328 e. The number of nitrogens with zero attached hydrogens (tertiary/aromatic N) is 2. The van der Waals surface area contributed by atoms with Gasteiger partial charge in [-0.3, -0.25) is 4.68 Å². The molecule has 0 saturated carbocycles. The number of aryl methyl sites for hydroxylation is 2. The fraction of sp³-hybridized carbons (Fsp3) is 0.700. The Kier molecular flexibility index (Phi) is 3.96. The summed E-state index contributed by atoms with van der Waals surface area (Å²) >= 11 is 0. The van der Waals surface area contributed by atoms with Gasteiger partial charge in [0, 0.05) is 18.8 Å².